The fourth-order valence-electron chi connectivity index (χ4n) is 5.31. The zero-order valence-electron chi connectivity index (χ0n) is 17.5. The third-order valence-electron chi connectivity index (χ3n) is 7.04. The van der Waals surface area contributed by atoms with Crippen LogP contribution in [-0.4, -0.2) is 54.1 Å². The van der Waals surface area contributed by atoms with Crippen LogP contribution in [-0.2, 0) is 12.6 Å². The SMILES string of the molecule is C[C@H]1CN(C2(C)CCNCC2)CCN1C1CCc2ccc(C(F)(F)F)cc21.Cl.Cl.Cl. The van der Waals surface area contributed by atoms with Gasteiger partial charge in [0.2, 0.25) is 0 Å². The van der Waals surface area contributed by atoms with E-state index in [0.29, 0.717) is 6.04 Å². The van der Waals surface area contributed by atoms with E-state index in [1.165, 1.54) is 25.0 Å². The molecule has 2 fully saturated rings. The van der Waals surface area contributed by atoms with Crippen molar-refractivity contribution >= 4 is 37.2 Å². The number of halogens is 6. The van der Waals surface area contributed by atoms with Crippen LogP contribution in [0.3, 0.4) is 0 Å². The van der Waals surface area contributed by atoms with Crippen LogP contribution in [0.1, 0.15) is 55.8 Å². The summed E-state index contributed by atoms with van der Waals surface area (Å²) >= 11 is 0. The van der Waals surface area contributed by atoms with Gasteiger partial charge in [-0.05, 0) is 75.9 Å². The molecule has 0 spiro atoms. The van der Waals surface area contributed by atoms with Crippen molar-refractivity contribution in [2.24, 2.45) is 0 Å². The Bertz CT molecular complexity index is 696. The van der Waals surface area contributed by atoms with Crippen molar-refractivity contribution < 1.29 is 13.2 Å². The Labute approximate surface area is 196 Å². The van der Waals surface area contributed by atoms with Crippen molar-refractivity contribution in [3.8, 4) is 0 Å². The van der Waals surface area contributed by atoms with E-state index in [9.17, 15) is 13.2 Å². The highest BCUT2D eigenvalue weighted by Crippen LogP contribution is 2.41. The molecule has 4 rings (SSSR count). The van der Waals surface area contributed by atoms with Gasteiger partial charge < -0.3 is 5.32 Å². The highest BCUT2D eigenvalue weighted by atomic mass is 35.5. The summed E-state index contributed by atoms with van der Waals surface area (Å²) in [5.74, 6) is 0. The Morgan fingerprint density at radius 2 is 1.73 bits per heavy atom. The number of alkyl halides is 3. The largest absolute Gasteiger partial charge is 0.416 e. The second kappa shape index (κ2) is 10.6. The van der Waals surface area contributed by atoms with E-state index in [1.54, 1.807) is 6.07 Å². The Kier molecular flexibility index (Phi) is 9.81. The number of piperidine rings is 1. The third-order valence-corrected chi connectivity index (χ3v) is 7.04. The zero-order valence-corrected chi connectivity index (χ0v) is 20.0. The monoisotopic (exact) mass is 489 g/mol. The predicted molar refractivity (Wildman–Crippen MR) is 122 cm³/mol. The van der Waals surface area contributed by atoms with E-state index in [1.807, 2.05) is 0 Å². The van der Waals surface area contributed by atoms with Gasteiger partial charge in [0.05, 0.1) is 5.56 Å². The maximum absolute atomic E-state index is 13.2. The number of aryl methyl sites for hydroxylation is 1. The molecule has 3 aliphatic rings. The van der Waals surface area contributed by atoms with Gasteiger partial charge in [0.15, 0.2) is 0 Å². The molecule has 0 radical (unpaired) electrons. The Morgan fingerprint density at radius 3 is 2.33 bits per heavy atom. The van der Waals surface area contributed by atoms with E-state index in [4.69, 9.17) is 0 Å². The molecule has 30 heavy (non-hydrogen) atoms. The first-order valence-corrected chi connectivity index (χ1v) is 10.2. The lowest BCUT2D eigenvalue weighted by Crippen LogP contribution is -2.61. The van der Waals surface area contributed by atoms with Gasteiger partial charge in [-0.2, -0.15) is 13.2 Å². The molecule has 2 heterocycles. The van der Waals surface area contributed by atoms with Crippen molar-refractivity contribution in [3.05, 3.63) is 34.9 Å². The second-order valence-electron chi connectivity index (χ2n) is 8.75. The van der Waals surface area contributed by atoms with Gasteiger partial charge in [0.1, 0.15) is 0 Å². The summed E-state index contributed by atoms with van der Waals surface area (Å²) in [6.45, 7) is 9.69. The minimum absolute atomic E-state index is 0. The van der Waals surface area contributed by atoms with E-state index in [-0.39, 0.29) is 48.8 Å². The quantitative estimate of drug-likeness (QED) is 0.622. The molecule has 2 saturated heterocycles. The molecular formula is C21H33Cl3F3N3. The molecule has 1 aliphatic carbocycles. The first-order chi connectivity index (χ1) is 12.8. The maximum atomic E-state index is 13.2. The summed E-state index contributed by atoms with van der Waals surface area (Å²) < 4.78 is 39.5. The fraction of sp³-hybridized carbons (Fsp3) is 0.714. The number of piperazine rings is 1. The Morgan fingerprint density at radius 1 is 1.07 bits per heavy atom. The first kappa shape index (κ1) is 27.8. The standard InChI is InChI=1S/C21H30F3N3.3ClH/c1-15-14-26(20(2)7-9-25-10-8-20)11-12-27(15)19-6-4-16-3-5-17(13-18(16)19)21(22,23)24;;;/h3,5,13,15,19,25H,4,6-12,14H2,1-2H3;3*1H/t15-,19?;;;/m0.../s1. The van der Waals surface area contributed by atoms with Crippen LogP contribution >= 0.6 is 37.2 Å². The molecule has 2 aliphatic heterocycles. The van der Waals surface area contributed by atoms with Gasteiger partial charge in [0, 0.05) is 37.3 Å². The average molecular weight is 491 g/mol. The molecule has 1 aromatic carbocycles. The normalized spacial score (nSPS) is 26.7. The van der Waals surface area contributed by atoms with Crippen LogP contribution in [0.25, 0.3) is 0 Å². The van der Waals surface area contributed by atoms with Gasteiger partial charge >= 0.3 is 6.18 Å². The summed E-state index contributed by atoms with van der Waals surface area (Å²) in [6, 6.07) is 4.81. The maximum Gasteiger partial charge on any atom is 0.416 e. The lowest BCUT2D eigenvalue weighted by Gasteiger charge is -2.51. The van der Waals surface area contributed by atoms with Gasteiger partial charge in [-0.25, -0.2) is 0 Å². The van der Waals surface area contributed by atoms with Gasteiger partial charge in [-0.3, -0.25) is 9.80 Å². The number of nitrogens with zero attached hydrogens (tertiary/aromatic N) is 2. The van der Waals surface area contributed by atoms with E-state index < -0.39 is 11.7 Å². The van der Waals surface area contributed by atoms with E-state index in [0.717, 1.165) is 56.7 Å². The molecule has 0 bridgehead atoms. The van der Waals surface area contributed by atoms with E-state index >= 15 is 0 Å². The summed E-state index contributed by atoms with van der Waals surface area (Å²) in [6.07, 6.45) is -0.116. The Hall–Kier alpha value is -0.240. The van der Waals surface area contributed by atoms with Crippen molar-refractivity contribution in [2.75, 3.05) is 32.7 Å². The van der Waals surface area contributed by atoms with Crippen LogP contribution in [0, 0.1) is 0 Å². The predicted octanol–water partition coefficient (Wildman–Crippen LogP) is 5.11. The minimum atomic E-state index is -4.27. The molecule has 0 aromatic heterocycles. The molecule has 9 heteroatoms. The molecule has 0 amide bonds. The molecule has 2 atom stereocenters. The molecule has 1 N–H and O–H groups in total. The van der Waals surface area contributed by atoms with Crippen LogP contribution in [0.4, 0.5) is 13.2 Å². The van der Waals surface area contributed by atoms with Gasteiger partial charge in [-0.15, -0.1) is 37.2 Å². The minimum Gasteiger partial charge on any atom is -0.317 e. The van der Waals surface area contributed by atoms with Crippen LogP contribution in [0.2, 0.25) is 0 Å². The lowest BCUT2D eigenvalue weighted by molar-refractivity contribution is -0.137. The number of fused-ring (bicyclic) bond motifs is 1. The van der Waals surface area contributed by atoms with Crippen molar-refractivity contribution in [2.45, 2.75) is 63.3 Å². The smallest absolute Gasteiger partial charge is 0.317 e. The number of hydrogen-bond acceptors (Lipinski definition) is 3. The number of rotatable bonds is 2. The molecule has 3 nitrogen and oxygen atoms in total. The average Bonchev–Trinajstić information content (AvgIpc) is 3.04. The molecule has 1 unspecified atom stereocenters. The number of benzene rings is 1. The first-order valence-electron chi connectivity index (χ1n) is 10.2. The van der Waals surface area contributed by atoms with Crippen LogP contribution in [0.15, 0.2) is 18.2 Å². The fourth-order valence-corrected chi connectivity index (χ4v) is 5.31. The van der Waals surface area contributed by atoms with Crippen molar-refractivity contribution in [1.29, 1.82) is 0 Å². The lowest BCUT2D eigenvalue weighted by atomic mass is 9.87. The highest BCUT2D eigenvalue weighted by Gasteiger charge is 2.41. The Balaban J connectivity index is 0.00000150. The van der Waals surface area contributed by atoms with Crippen LogP contribution < -0.4 is 5.32 Å². The summed E-state index contributed by atoms with van der Waals surface area (Å²) in [5.41, 5.74) is 1.73. The van der Waals surface area contributed by atoms with Crippen molar-refractivity contribution in [3.63, 3.8) is 0 Å². The second-order valence-corrected chi connectivity index (χ2v) is 8.75. The molecular weight excluding hydrogens is 458 g/mol. The summed E-state index contributed by atoms with van der Waals surface area (Å²) in [5, 5.41) is 3.44. The molecule has 0 saturated carbocycles. The number of hydrogen-bond donors (Lipinski definition) is 1. The summed E-state index contributed by atoms with van der Waals surface area (Å²) in [7, 11) is 0. The number of nitrogens with one attached hydrogen (secondary N) is 1. The third kappa shape index (κ3) is 5.38. The zero-order chi connectivity index (χ0) is 19.2. The van der Waals surface area contributed by atoms with Gasteiger partial charge in [0.25, 0.3) is 0 Å². The molecule has 1 aromatic rings. The van der Waals surface area contributed by atoms with Gasteiger partial charge in [-0.1, -0.05) is 6.07 Å². The highest BCUT2D eigenvalue weighted by molar-refractivity contribution is 5.86. The topological polar surface area (TPSA) is 18.5 Å². The van der Waals surface area contributed by atoms with Crippen molar-refractivity contribution in [1.82, 2.24) is 15.1 Å². The summed E-state index contributed by atoms with van der Waals surface area (Å²) in [4.78, 5) is 5.07. The molecule has 174 valence electrons. The van der Waals surface area contributed by atoms with E-state index in [2.05, 4.69) is 29.0 Å². The van der Waals surface area contributed by atoms with Crippen LogP contribution in [0.5, 0.6) is 0 Å².